The molecule has 0 saturated heterocycles. The minimum atomic E-state index is -0.301. The first-order valence-corrected chi connectivity index (χ1v) is 7.91. The minimum absolute atomic E-state index is 0.301. The van der Waals surface area contributed by atoms with Gasteiger partial charge >= 0.3 is 0 Å². The average Bonchev–Trinajstić information content (AvgIpc) is 2.91. The largest absolute Gasteiger partial charge is 0.339 e. The van der Waals surface area contributed by atoms with E-state index in [1.165, 1.54) is 12.1 Å². The molecule has 114 valence electrons. The highest BCUT2D eigenvalue weighted by Gasteiger charge is 2.13. The van der Waals surface area contributed by atoms with Gasteiger partial charge in [-0.1, -0.05) is 12.1 Å². The monoisotopic (exact) mass is 355 g/mol. The summed E-state index contributed by atoms with van der Waals surface area (Å²) in [5.74, 6) is 0.780. The van der Waals surface area contributed by atoms with Crippen LogP contribution in [0.1, 0.15) is 32.6 Å². The van der Waals surface area contributed by atoms with Gasteiger partial charge in [0.25, 0.3) is 0 Å². The molecule has 0 aliphatic heterocycles. The van der Waals surface area contributed by atoms with Crippen LogP contribution in [0, 0.1) is 5.82 Å². The molecule has 0 aliphatic carbocycles. The fourth-order valence-corrected chi connectivity index (χ4v) is 2.50. The number of benzene rings is 1. The molecule has 1 aromatic carbocycles. The van der Waals surface area contributed by atoms with E-state index in [1.54, 1.807) is 6.07 Å². The van der Waals surface area contributed by atoms with Crippen LogP contribution in [0.15, 0.2) is 27.2 Å². The van der Waals surface area contributed by atoms with Gasteiger partial charge in [0.05, 0.1) is 0 Å². The molecule has 1 atom stereocenters. The second-order valence-electron chi connectivity index (χ2n) is 5.03. The molecule has 1 N–H and O–H groups in total. The molecule has 0 fully saturated rings. The zero-order valence-electron chi connectivity index (χ0n) is 12.2. The summed E-state index contributed by atoms with van der Waals surface area (Å²) in [6.07, 6.45) is 2.78. The number of rotatable bonds is 7. The van der Waals surface area contributed by atoms with Crippen LogP contribution in [-0.4, -0.2) is 22.7 Å². The molecule has 4 nitrogen and oxygen atoms in total. The van der Waals surface area contributed by atoms with Gasteiger partial charge in [0.1, 0.15) is 5.82 Å². The van der Waals surface area contributed by atoms with Crippen molar-refractivity contribution >= 4 is 15.9 Å². The summed E-state index contributed by atoms with van der Waals surface area (Å²) in [4.78, 5) is 4.37. The summed E-state index contributed by atoms with van der Waals surface area (Å²) in [5, 5.41) is 7.38. The number of nitrogens with one attached hydrogen (secondary N) is 1. The van der Waals surface area contributed by atoms with Gasteiger partial charge in [-0.05, 0) is 60.4 Å². The van der Waals surface area contributed by atoms with Gasteiger partial charge < -0.3 is 9.84 Å². The second-order valence-corrected chi connectivity index (χ2v) is 5.88. The molecule has 2 aromatic rings. The van der Waals surface area contributed by atoms with E-state index in [-0.39, 0.29) is 5.82 Å². The number of aromatic nitrogens is 2. The predicted octanol–water partition coefficient (Wildman–Crippen LogP) is 3.96. The van der Waals surface area contributed by atoms with Crippen molar-refractivity contribution in [2.24, 2.45) is 0 Å². The third-order valence-corrected chi connectivity index (χ3v) is 3.83. The van der Waals surface area contributed by atoms with Crippen molar-refractivity contribution < 1.29 is 8.91 Å². The maximum Gasteiger partial charge on any atom is 0.227 e. The maximum atomic E-state index is 13.1. The first-order chi connectivity index (χ1) is 10.1. The van der Waals surface area contributed by atoms with E-state index in [1.807, 2.05) is 0 Å². The molecule has 0 aliphatic rings. The van der Waals surface area contributed by atoms with E-state index in [0.717, 1.165) is 31.4 Å². The standard InChI is InChI=1S/C15H19BrFN3O/c1-3-8-18-10(2)4-7-14-19-15(20-21-14)12-6-5-11(17)9-13(12)16/h5-6,9-10,18H,3-4,7-8H2,1-2H3. The lowest BCUT2D eigenvalue weighted by molar-refractivity contribution is 0.367. The lowest BCUT2D eigenvalue weighted by Gasteiger charge is -2.10. The molecule has 0 bridgehead atoms. The highest BCUT2D eigenvalue weighted by Crippen LogP contribution is 2.26. The zero-order chi connectivity index (χ0) is 15.2. The molecule has 0 saturated carbocycles. The number of halogens is 2. The van der Waals surface area contributed by atoms with E-state index in [4.69, 9.17) is 4.52 Å². The quantitative estimate of drug-likeness (QED) is 0.816. The van der Waals surface area contributed by atoms with Gasteiger partial charge in [-0.2, -0.15) is 4.98 Å². The first kappa shape index (κ1) is 16.1. The Balaban J connectivity index is 1.98. The number of hydrogen-bond acceptors (Lipinski definition) is 4. The Bertz CT molecular complexity index is 588. The molecule has 0 amide bonds. The number of aryl methyl sites for hydroxylation is 1. The van der Waals surface area contributed by atoms with Crippen molar-refractivity contribution in [3.63, 3.8) is 0 Å². The van der Waals surface area contributed by atoms with Crippen molar-refractivity contribution in [1.29, 1.82) is 0 Å². The molecule has 1 unspecified atom stereocenters. The van der Waals surface area contributed by atoms with Crippen LogP contribution in [0.3, 0.4) is 0 Å². The molecule has 1 heterocycles. The van der Waals surface area contributed by atoms with E-state index in [0.29, 0.717) is 22.2 Å². The summed E-state index contributed by atoms with van der Waals surface area (Å²) in [7, 11) is 0. The Morgan fingerprint density at radius 1 is 1.43 bits per heavy atom. The number of nitrogens with zero attached hydrogens (tertiary/aromatic N) is 2. The van der Waals surface area contributed by atoms with E-state index in [2.05, 4.69) is 45.2 Å². The minimum Gasteiger partial charge on any atom is -0.339 e. The smallest absolute Gasteiger partial charge is 0.227 e. The van der Waals surface area contributed by atoms with Crippen LogP contribution in [0.25, 0.3) is 11.4 Å². The van der Waals surface area contributed by atoms with Crippen molar-refractivity contribution in [2.75, 3.05) is 6.54 Å². The third kappa shape index (κ3) is 4.61. The Morgan fingerprint density at radius 3 is 2.95 bits per heavy atom. The normalized spacial score (nSPS) is 12.6. The molecule has 6 heteroatoms. The summed E-state index contributed by atoms with van der Waals surface area (Å²) < 4.78 is 19.0. The zero-order valence-corrected chi connectivity index (χ0v) is 13.8. The summed E-state index contributed by atoms with van der Waals surface area (Å²) in [6, 6.07) is 4.83. The molecular formula is C15H19BrFN3O. The van der Waals surface area contributed by atoms with E-state index < -0.39 is 0 Å². The second kappa shape index (κ2) is 7.66. The van der Waals surface area contributed by atoms with E-state index in [9.17, 15) is 4.39 Å². The van der Waals surface area contributed by atoms with Crippen LogP contribution in [0.4, 0.5) is 4.39 Å². The van der Waals surface area contributed by atoms with Gasteiger partial charge in [0.15, 0.2) is 0 Å². The Hall–Kier alpha value is -1.27. The molecule has 0 radical (unpaired) electrons. The van der Waals surface area contributed by atoms with Crippen LogP contribution >= 0.6 is 15.9 Å². The van der Waals surface area contributed by atoms with Gasteiger partial charge in [0, 0.05) is 22.5 Å². The van der Waals surface area contributed by atoms with Gasteiger partial charge in [-0.15, -0.1) is 0 Å². The van der Waals surface area contributed by atoms with Gasteiger partial charge in [-0.25, -0.2) is 4.39 Å². The molecule has 21 heavy (non-hydrogen) atoms. The molecular weight excluding hydrogens is 337 g/mol. The van der Waals surface area contributed by atoms with E-state index >= 15 is 0 Å². The van der Waals surface area contributed by atoms with Crippen LogP contribution < -0.4 is 5.32 Å². The predicted molar refractivity (Wildman–Crippen MR) is 83.5 cm³/mol. The molecule has 1 aromatic heterocycles. The van der Waals surface area contributed by atoms with Gasteiger partial charge in [-0.3, -0.25) is 0 Å². The lowest BCUT2D eigenvalue weighted by Crippen LogP contribution is -2.27. The number of hydrogen-bond donors (Lipinski definition) is 1. The third-order valence-electron chi connectivity index (χ3n) is 3.17. The van der Waals surface area contributed by atoms with Crippen molar-refractivity contribution in [3.05, 3.63) is 34.4 Å². The van der Waals surface area contributed by atoms with Crippen LogP contribution in [-0.2, 0) is 6.42 Å². The lowest BCUT2D eigenvalue weighted by atomic mass is 10.2. The molecule has 0 spiro atoms. The topological polar surface area (TPSA) is 51.0 Å². The van der Waals surface area contributed by atoms with Crippen molar-refractivity contribution in [1.82, 2.24) is 15.5 Å². The highest BCUT2D eigenvalue weighted by molar-refractivity contribution is 9.10. The first-order valence-electron chi connectivity index (χ1n) is 7.11. The fraction of sp³-hybridized carbons (Fsp3) is 0.467. The van der Waals surface area contributed by atoms with Crippen molar-refractivity contribution in [2.45, 2.75) is 39.2 Å². The Kier molecular flexibility index (Phi) is 5.87. The fourth-order valence-electron chi connectivity index (χ4n) is 1.97. The summed E-state index contributed by atoms with van der Waals surface area (Å²) in [5.41, 5.74) is 0.726. The molecule has 2 rings (SSSR count). The van der Waals surface area contributed by atoms with Crippen LogP contribution in [0.2, 0.25) is 0 Å². The summed E-state index contributed by atoms with van der Waals surface area (Å²) in [6.45, 7) is 5.30. The SMILES string of the molecule is CCCNC(C)CCc1nc(-c2ccc(F)cc2Br)no1. The van der Waals surface area contributed by atoms with Crippen molar-refractivity contribution in [3.8, 4) is 11.4 Å². The highest BCUT2D eigenvalue weighted by atomic mass is 79.9. The maximum absolute atomic E-state index is 13.1. The average molecular weight is 356 g/mol. The van der Waals surface area contributed by atoms with Crippen LogP contribution in [0.5, 0.6) is 0 Å². The Morgan fingerprint density at radius 2 is 2.24 bits per heavy atom. The van der Waals surface area contributed by atoms with Gasteiger partial charge in [0.2, 0.25) is 11.7 Å². The summed E-state index contributed by atoms with van der Waals surface area (Å²) >= 11 is 3.31. The Labute approximate surface area is 132 Å².